The number of nitrogens with one attached hydrogen (secondary N) is 2. The van der Waals surface area contributed by atoms with Crippen LogP contribution in [-0.4, -0.2) is 54.6 Å². The second kappa shape index (κ2) is 9.99. The average molecular weight is 352 g/mol. The minimum absolute atomic E-state index is 0.517. The highest BCUT2D eigenvalue weighted by Gasteiger charge is 2.22. The molecule has 6 heteroatoms. The Kier molecular flexibility index (Phi) is 7.99. The topological polar surface area (TPSA) is 52.6 Å². The van der Waals surface area contributed by atoms with Crippen molar-refractivity contribution >= 4 is 17.3 Å². The molecule has 1 aromatic rings. The maximum Gasteiger partial charge on any atom is 0.191 e. The summed E-state index contributed by atoms with van der Waals surface area (Å²) in [5.41, 5.74) is 1.18. The van der Waals surface area contributed by atoms with Gasteiger partial charge in [-0.3, -0.25) is 9.89 Å². The first-order valence-corrected chi connectivity index (χ1v) is 10.2. The van der Waals surface area contributed by atoms with Crippen molar-refractivity contribution in [1.82, 2.24) is 20.5 Å². The van der Waals surface area contributed by atoms with Gasteiger partial charge in [0, 0.05) is 36.9 Å². The Balaban J connectivity index is 1.80. The first-order chi connectivity index (χ1) is 11.6. The van der Waals surface area contributed by atoms with Gasteiger partial charge in [-0.1, -0.05) is 20.8 Å². The third kappa shape index (κ3) is 5.74. The van der Waals surface area contributed by atoms with E-state index in [0.717, 1.165) is 38.6 Å². The molecule has 0 aliphatic carbocycles. The lowest BCUT2D eigenvalue weighted by Gasteiger charge is -2.21. The molecule has 24 heavy (non-hydrogen) atoms. The number of likely N-dealkylation sites (N-methyl/N-ethyl adjacent to an activating group) is 1. The van der Waals surface area contributed by atoms with E-state index in [4.69, 9.17) is 9.98 Å². The molecule has 1 aromatic heterocycles. The number of rotatable bonds is 8. The maximum atomic E-state index is 4.79. The van der Waals surface area contributed by atoms with Crippen molar-refractivity contribution in [3.8, 4) is 0 Å². The third-order valence-corrected chi connectivity index (χ3v) is 5.64. The molecule has 5 nitrogen and oxygen atoms in total. The fourth-order valence-corrected chi connectivity index (χ4v) is 3.94. The minimum atomic E-state index is 0.517. The first-order valence-electron chi connectivity index (χ1n) is 9.34. The van der Waals surface area contributed by atoms with E-state index in [2.05, 4.69) is 48.6 Å². The molecule has 0 amide bonds. The van der Waals surface area contributed by atoms with Crippen molar-refractivity contribution in [2.45, 2.75) is 58.9 Å². The Morgan fingerprint density at radius 2 is 2.25 bits per heavy atom. The Labute approximate surface area is 151 Å². The molecule has 0 saturated carbocycles. The van der Waals surface area contributed by atoms with Crippen molar-refractivity contribution in [3.05, 3.63) is 16.1 Å². The summed E-state index contributed by atoms with van der Waals surface area (Å²) in [4.78, 5) is 12.0. The van der Waals surface area contributed by atoms with Crippen molar-refractivity contribution in [2.24, 2.45) is 4.99 Å². The van der Waals surface area contributed by atoms with Crippen LogP contribution < -0.4 is 10.6 Å². The molecule has 0 radical (unpaired) electrons. The Morgan fingerprint density at radius 1 is 1.42 bits per heavy atom. The highest BCUT2D eigenvalue weighted by molar-refractivity contribution is 7.09. The van der Waals surface area contributed by atoms with Gasteiger partial charge in [-0.2, -0.15) is 0 Å². The second-order valence-corrected chi connectivity index (χ2v) is 7.54. The molecular weight excluding hydrogens is 318 g/mol. The van der Waals surface area contributed by atoms with Gasteiger partial charge in [-0.25, -0.2) is 4.98 Å². The van der Waals surface area contributed by atoms with Crippen LogP contribution in [0.3, 0.4) is 0 Å². The minimum Gasteiger partial charge on any atom is -0.357 e. The number of hydrogen-bond donors (Lipinski definition) is 2. The van der Waals surface area contributed by atoms with E-state index in [1.54, 1.807) is 11.3 Å². The largest absolute Gasteiger partial charge is 0.357 e. The van der Waals surface area contributed by atoms with E-state index in [0.29, 0.717) is 12.0 Å². The van der Waals surface area contributed by atoms with Crippen molar-refractivity contribution in [1.29, 1.82) is 0 Å². The van der Waals surface area contributed by atoms with Crippen LogP contribution in [0, 0.1) is 0 Å². The molecule has 0 aromatic carbocycles. The summed E-state index contributed by atoms with van der Waals surface area (Å²) < 4.78 is 0. The monoisotopic (exact) mass is 351 g/mol. The van der Waals surface area contributed by atoms with Gasteiger partial charge in [0.15, 0.2) is 5.96 Å². The van der Waals surface area contributed by atoms with Crippen LogP contribution in [0.15, 0.2) is 10.4 Å². The molecule has 1 saturated heterocycles. The molecule has 1 unspecified atom stereocenters. The molecule has 2 heterocycles. The van der Waals surface area contributed by atoms with Gasteiger partial charge in [0.1, 0.15) is 0 Å². The molecule has 0 spiro atoms. The van der Waals surface area contributed by atoms with Crippen molar-refractivity contribution in [2.75, 3.05) is 32.7 Å². The van der Waals surface area contributed by atoms with Crippen LogP contribution in [0.2, 0.25) is 0 Å². The van der Waals surface area contributed by atoms with Crippen LogP contribution in [0.5, 0.6) is 0 Å². The van der Waals surface area contributed by atoms with Crippen molar-refractivity contribution in [3.63, 3.8) is 0 Å². The van der Waals surface area contributed by atoms with Gasteiger partial charge >= 0.3 is 0 Å². The second-order valence-electron chi connectivity index (χ2n) is 6.65. The first kappa shape index (κ1) is 19.2. The summed E-state index contributed by atoms with van der Waals surface area (Å²) in [6.07, 6.45) is 3.52. The van der Waals surface area contributed by atoms with E-state index in [1.165, 1.54) is 30.1 Å². The molecular formula is C18H33N5S. The number of aromatic nitrogens is 1. The van der Waals surface area contributed by atoms with E-state index in [9.17, 15) is 0 Å². The highest BCUT2D eigenvalue weighted by atomic mass is 32.1. The highest BCUT2D eigenvalue weighted by Crippen LogP contribution is 2.19. The summed E-state index contributed by atoms with van der Waals surface area (Å²) in [6.45, 7) is 13.7. The number of likely N-dealkylation sites (tertiary alicyclic amines) is 1. The quantitative estimate of drug-likeness (QED) is 0.559. The zero-order valence-electron chi connectivity index (χ0n) is 15.6. The normalized spacial score (nSPS) is 19.2. The predicted octanol–water partition coefficient (Wildman–Crippen LogP) is 2.85. The molecule has 0 bridgehead atoms. The Morgan fingerprint density at radius 3 is 2.92 bits per heavy atom. The fourth-order valence-electron chi connectivity index (χ4n) is 3.07. The fraction of sp³-hybridized carbons (Fsp3) is 0.778. The molecule has 2 N–H and O–H groups in total. The summed E-state index contributed by atoms with van der Waals surface area (Å²) >= 11 is 1.77. The van der Waals surface area contributed by atoms with Gasteiger partial charge in [-0.05, 0) is 32.9 Å². The molecule has 1 fully saturated rings. The molecule has 2 rings (SSSR count). The standard InChI is InChI=1S/C18H33N5S/c1-5-19-18(21-12-16-8-7-11-23(16)6-2)20-10-9-15-13-24-17(22-15)14(3)4/h13-14,16H,5-12H2,1-4H3,(H2,19,20,21). The Hall–Kier alpha value is -1.14. The van der Waals surface area contributed by atoms with Gasteiger partial charge in [0.05, 0.1) is 17.2 Å². The summed E-state index contributed by atoms with van der Waals surface area (Å²) in [7, 11) is 0. The summed E-state index contributed by atoms with van der Waals surface area (Å²) in [5, 5.41) is 10.2. The zero-order chi connectivity index (χ0) is 17.4. The lowest BCUT2D eigenvalue weighted by atomic mass is 10.2. The third-order valence-electron chi connectivity index (χ3n) is 4.45. The zero-order valence-corrected chi connectivity index (χ0v) is 16.5. The van der Waals surface area contributed by atoms with E-state index in [1.807, 2.05) is 0 Å². The summed E-state index contributed by atoms with van der Waals surface area (Å²) in [5.74, 6) is 1.45. The lowest BCUT2D eigenvalue weighted by molar-refractivity contribution is 0.273. The van der Waals surface area contributed by atoms with E-state index in [-0.39, 0.29) is 0 Å². The molecule has 1 aliphatic heterocycles. The number of nitrogens with zero attached hydrogens (tertiary/aromatic N) is 3. The van der Waals surface area contributed by atoms with Crippen LogP contribution in [0.4, 0.5) is 0 Å². The SMILES string of the molecule is CCNC(=NCC1CCCN1CC)NCCc1csc(C(C)C)n1. The number of thiazole rings is 1. The number of guanidine groups is 1. The van der Waals surface area contributed by atoms with Crippen LogP contribution in [0.25, 0.3) is 0 Å². The Bertz CT molecular complexity index is 511. The lowest BCUT2D eigenvalue weighted by Crippen LogP contribution is -2.40. The van der Waals surface area contributed by atoms with Gasteiger partial charge in [-0.15, -0.1) is 11.3 Å². The van der Waals surface area contributed by atoms with E-state index >= 15 is 0 Å². The van der Waals surface area contributed by atoms with Gasteiger partial charge in [0.2, 0.25) is 0 Å². The smallest absolute Gasteiger partial charge is 0.191 e. The van der Waals surface area contributed by atoms with Gasteiger partial charge in [0.25, 0.3) is 0 Å². The maximum absolute atomic E-state index is 4.79. The van der Waals surface area contributed by atoms with Gasteiger partial charge < -0.3 is 10.6 Å². The summed E-state index contributed by atoms with van der Waals surface area (Å²) in [6, 6.07) is 0.609. The van der Waals surface area contributed by atoms with Crippen molar-refractivity contribution < 1.29 is 0 Å². The van der Waals surface area contributed by atoms with Crippen LogP contribution >= 0.6 is 11.3 Å². The number of aliphatic imine (C=N–C) groups is 1. The average Bonchev–Trinajstić information content (AvgIpc) is 3.21. The number of hydrogen-bond acceptors (Lipinski definition) is 4. The molecule has 136 valence electrons. The molecule has 1 aliphatic rings. The van der Waals surface area contributed by atoms with Crippen LogP contribution in [-0.2, 0) is 6.42 Å². The molecule has 1 atom stereocenters. The van der Waals surface area contributed by atoms with Crippen LogP contribution in [0.1, 0.15) is 57.2 Å². The predicted molar refractivity (Wildman–Crippen MR) is 104 cm³/mol. The van der Waals surface area contributed by atoms with E-state index < -0.39 is 0 Å².